The summed E-state index contributed by atoms with van der Waals surface area (Å²) in [5, 5.41) is 21.1. The molecule has 0 aliphatic rings. The number of hydrogen-bond donors (Lipinski definition) is 3. The van der Waals surface area contributed by atoms with Gasteiger partial charge in [-0.15, -0.1) is 0 Å². The summed E-state index contributed by atoms with van der Waals surface area (Å²) in [7, 11) is 0. The number of benzene rings is 1. The third kappa shape index (κ3) is 3.08. The molecule has 0 amide bonds. The summed E-state index contributed by atoms with van der Waals surface area (Å²) in [4.78, 5) is 15.2. The lowest BCUT2D eigenvalue weighted by Gasteiger charge is -2.19. The Hall–Kier alpha value is -2.08. The zero-order valence-electron chi connectivity index (χ0n) is 11.5. The van der Waals surface area contributed by atoms with E-state index >= 15 is 0 Å². The van der Waals surface area contributed by atoms with E-state index in [2.05, 4.69) is 10.3 Å². The summed E-state index contributed by atoms with van der Waals surface area (Å²) < 4.78 is 5.52. The van der Waals surface area contributed by atoms with Gasteiger partial charge >= 0.3 is 5.97 Å². The summed E-state index contributed by atoms with van der Waals surface area (Å²) in [6.07, 6.45) is 0.594. The Kier molecular flexibility index (Phi) is 4.24. The number of oxazole rings is 1. The Morgan fingerprint density at radius 2 is 2.20 bits per heavy atom. The summed E-state index contributed by atoms with van der Waals surface area (Å²) in [5.41, 5.74) is 1.19. The molecule has 6 nitrogen and oxygen atoms in total. The van der Waals surface area contributed by atoms with Crippen LogP contribution in [-0.2, 0) is 0 Å². The van der Waals surface area contributed by atoms with Crippen LogP contribution < -0.4 is 5.32 Å². The maximum absolute atomic E-state index is 10.9. The summed E-state index contributed by atoms with van der Waals surface area (Å²) >= 11 is 0. The van der Waals surface area contributed by atoms with E-state index in [9.17, 15) is 4.79 Å². The van der Waals surface area contributed by atoms with E-state index in [-0.39, 0.29) is 18.2 Å². The average Bonchev–Trinajstić information content (AvgIpc) is 2.79. The van der Waals surface area contributed by atoms with Gasteiger partial charge in [-0.2, -0.15) is 4.98 Å². The number of rotatable bonds is 6. The Morgan fingerprint density at radius 1 is 1.45 bits per heavy atom. The Labute approximate surface area is 116 Å². The molecule has 1 atom stereocenters. The molecule has 0 fully saturated rings. The molecule has 1 aromatic heterocycles. The number of aliphatic hydroxyl groups is 1. The van der Waals surface area contributed by atoms with Crippen LogP contribution in [0.3, 0.4) is 0 Å². The summed E-state index contributed by atoms with van der Waals surface area (Å²) in [5.74, 6) is -0.690. The zero-order chi connectivity index (χ0) is 14.7. The van der Waals surface area contributed by atoms with Crippen LogP contribution in [0.2, 0.25) is 0 Å². The molecule has 1 unspecified atom stereocenters. The second-order valence-corrected chi connectivity index (χ2v) is 5.01. The zero-order valence-corrected chi connectivity index (χ0v) is 11.5. The Bertz CT molecular complexity index is 606. The summed E-state index contributed by atoms with van der Waals surface area (Å²) in [6.45, 7) is 4.16. The van der Waals surface area contributed by atoms with Gasteiger partial charge < -0.3 is 19.9 Å². The molecule has 1 aromatic carbocycles. The van der Waals surface area contributed by atoms with Gasteiger partial charge in [-0.3, -0.25) is 0 Å². The fourth-order valence-electron chi connectivity index (χ4n) is 1.99. The standard InChI is InChI=1S/C14H18N2O4/c1-8(2)10(5-6-17)15-14-16-11-4-3-9(13(18)19)7-12(11)20-14/h3-4,7-8,10,17H,5-6H2,1-2H3,(H,15,16)(H,18,19). The van der Waals surface area contributed by atoms with Gasteiger partial charge in [0.2, 0.25) is 0 Å². The van der Waals surface area contributed by atoms with Crippen LogP contribution in [0.5, 0.6) is 0 Å². The largest absolute Gasteiger partial charge is 0.478 e. The molecule has 2 aromatic rings. The maximum atomic E-state index is 10.9. The van der Waals surface area contributed by atoms with Crippen LogP contribution in [0.15, 0.2) is 22.6 Å². The van der Waals surface area contributed by atoms with Gasteiger partial charge in [-0.1, -0.05) is 13.8 Å². The third-order valence-corrected chi connectivity index (χ3v) is 3.19. The lowest BCUT2D eigenvalue weighted by Crippen LogP contribution is -2.26. The predicted molar refractivity (Wildman–Crippen MR) is 74.9 cm³/mol. The molecule has 0 saturated carbocycles. The fourth-order valence-corrected chi connectivity index (χ4v) is 1.99. The molecule has 6 heteroatoms. The number of aliphatic hydroxyl groups excluding tert-OH is 1. The Morgan fingerprint density at radius 3 is 2.80 bits per heavy atom. The minimum atomic E-state index is -1.00. The van der Waals surface area contributed by atoms with Gasteiger partial charge in [0.05, 0.1) is 5.56 Å². The van der Waals surface area contributed by atoms with E-state index in [1.165, 1.54) is 12.1 Å². The SMILES string of the molecule is CC(C)C(CCO)Nc1nc2ccc(C(=O)O)cc2o1. The van der Waals surface area contributed by atoms with Crippen molar-refractivity contribution in [2.45, 2.75) is 26.3 Å². The predicted octanol–water partition coefficient (Wildman–Crippen LogP) is 2.34. The molecule has 0 bridgehead atoms. The monoisotopic (exact) mass is 278 g/mol. The highest BCUT2D eigenvalue weighted by Crippen LogP contribution is 2.22. The van der Waals surface area contributed by atoms with E-state index in [0.717, 1.165) is 0 Å². The van der Waals surface area contributed by atoms with Crippen LogP contribution in [0.4, 0.5) is 6.01 Å². The number of aromatic nitrogens is 1. The van der Waals surface area contributed by atoms with Crippen LogP contribution in [0, 0.1) is 5.92 Å². The van der Waals surface area contributed by atoms with E-state index in [4.69, 9.17) is 14.6 Å². The molecule has 0 aliphatic heterocycles. The van der Waals surface area contributed by atoms with Crippen LogP contribution >= 0.6 is 0 Å². The minimum Gasteiger partial charge on any atom is -0.478 e. The van der Waals surface area contributed by atoms with Crippen LogP contribution in [-0.4, -0.2) is 33.8 Å². The first-order valence-electron chi connectivity index (χ1n) is 6.52. The lowest BCUT2D eigenvalue weighted by atomic mass is 10.0. The smallest absolute Gasteiger partial charge is 0.335 e. The first kappa shape index (κ1) is 14.3. The van der Waals surface area contributed by atoms with Crippen molar-refractivity contribution < 1.29 is 19.4 Å². The number of nitrogens with zero attached hydrogens (tertiary/aromatic N) is 1. The summed E-state index contributed by atoms with van der Waals surface area (Å²) in [6, 6.07) is 4.95. The molecule has 0 aliphatic carbocycles. The number of hydrogen-bond acceptors (Lipinski definition) is 5. The molecule has 108 valence electrons. The van der Waals surface area contributed by atoms with Crippen LogP contribution in [0.25, 0.3) is 11.1 Å². The molecule has 0 radical (unpaired) electrons. The number of aromatic carboxylic acids is 1. The molecule has 2 rings (SSSR count). The minimum absolute atomic E-state index is 0.0482. The first-order chi connectivity index (χ1) is 9.51. The highest BCUT2D eigenvalue weighted by molar-refractivity contribution is 5.92. The van der Waals surface area contributed by atoms with Crippen molar-refractivity contribution in [3.05, 3.63) is 23.8 Å². The van der Waals surface area contributed by atoms with E-state index in [1.54, 1.807) is 6.07 Å². The van der Waals surface area contributed by atoms with Crippen molar-refractivity contribution in [3.8, 4) is 0 Å². The van der Waals surface area contributed by atoms with Crippen LogP contribution in [0.1, 0.15) is 30.6 Å². The second-order valence-electron chi connectivity index (χ2n) is 5.01. The van der Waals surface area contributed by atoms with E-state index in [1.807, 2.05) is 13.8 Å². The van der Waals surface area contributed by atoms with Gasteiger partial charge in [-0.25, -0.2) is 4.79 Å². The quantitative estimate of drug-likeness (QED) is 0.750. The van der Waals surface area contributed by atoms with E-state index < -0.39 is 5.97 Å². The van der Waals surface area contributed by atoms with E-state index in [0.29, 0.717) is 29.5 Å². The van der Waals surface area contributed by atoms with Gasteiger partial charge in [0.25, 0.3) is 6.01 Å². The highest BCUT2D eigenvalue weighted by atomic mass is 16.4. The topological polar surface area (TPSA) is 95.6 Å². The molecule has 0 saturated heterocycles. The number of carbonyl (C=O) groups is 1. The third-order valence-electron chi connectivity index (χ3n) is 3.19. The van der Waals surface area contributed by atoms with Gasteiger partial charge in [0, 0.05) is 12.6 Å². The van der Waals surface area contributed by atoms with Gasteiger partial charge in [0.1, 0.15) is 5.52 Å². The molecular formula is C14H18N2O4. The number of carboxylic acids is 1. The lowest BCUT2D eigenvalue weighted by molar-refractivity contribution is 0.0697. The molecule has 0 spiro atoms. The number of fused-ring (bicyclic) bond motifs is 1. The van der Waals surface area contributed by atoms with Crippen molar-refractivity contribution in [1.82, 2.24) is 4.98 Å². The number of anilines is 1. The molecular weight excluding hydrogens is 260 g/mol. The van der Waals surface area contributed by atoms with Crippen molar-refractivity contribution in [1.29, 1.82) is 0 Å². The number of nitrogens with one attached hydrogen (secondary N) is 1. The van der Waals surface area contributed by atoms with Crippen molar-refractivity contribution >= 4 is 23.1 Å². The molecule has 1 heterocycles. The maximum Gasteiger partial charge on any atom is 0.335 e. The molecule has 20 heavy (non-hydrogen) atoms. The van der Waals surface area contributed by atoms with Gasteiger partial charge in [-0.05, 0) is 30.5 Å². The Balaban J connectivity index is 2.24. The first-order valence-corrected chi connectivity index (χ1v) is 6.52. The van der Waals surface area contributed by atoms with Gasteiger partial charge in [0.15, 0.2) is 5.58 Å². The van der Waals surface area contributed by atoms with Crippen molar-refractivity contribution in [3.63, 3.8) is 0 Å². The normalized spacial score (nSPS) is 12.8. The second kappa shape index (κ2) is 5.92. The fraction of sp³-hybridized carbons (Fsp3) is 0.429. The van der Waals surface area contributed by atoms with Crippen molar-refractivity contribution in [2.75, 3.05) is 11.9 Å². The molecule has 3 N–H and O–H groups in total. The average molecular weight is 278 g/mol. The number of carboxylic acid groups (broad SMARTS) is 1. The van der Waals surface area contributed by atoms with Crippen molar-refractivity contribution in [2.24, 2.45) is 5.92 Å². The highest BCUT2D eigenvalue weighted by Gasteiger charge is 2.16.